The van der Waals surface area contributed by atoms with Gasteiger partial charge in [-0.25, -0.2) is 13.2 Å². The van der Waals surface area contributed by atoms with Crippen LogP contribution in [0.4, 0.5) is 0 Å². The number of hydrogen-bond acceptors (Lipinski definition) is 8. The van der Waals surface area contributed by atoms with Crippen molar-refractivity contribution in [3.63, 3.8) is 0 Å². The molecule has 0 radical (unpaired) electrons. The first-order chi connectivity index (χ1) is 9.70. The largest absolute Gasteiger partial charge is 0.464 e. The van der Waals surface area contributed by atoms with Crippen molar-refractivity contribution in [3.05, 3.63) is 11.3 Å². The van der Waals surface area contributed by atoms with Crippen LogP contribution in [-0.2, 0) is 33.7 Å². The Balaban J connectivity index is 2.48. The quantitative estimate of drug-likeness (QED) is 0.462. The maximum absolute atomic E-state index is 12.1. The molecule has 0 bridgehead atoms. The number of amides is 1. The molecule has 1 amide bonds. The minimum absolute atomic E-state index is 0.00597. The second-order valence-electron chi connectivity index (χ2n) is 4.66. The van der Waals surface area contributed by atoms with Gasteiger partial charge in [-0.3, -0.25) is 14.5 Å². The van der Waals surface area contributed by atoms with Gasteiger partial charge in [-0.05, 0) is 0 Å². The lowest BCUT2D eigenvalue weighted by atomic mass is 10.0. The molecule has 2 atom stereocenters. The lowest BCUT2D eigenvalue weighted by Gasteiger charge is -2.47. The summed E-state index contributed by atoms with van der Waals surface area (Å²) in [6, 6.07) is -1.20. The highest BCUT2D eigenvalue weighted by molar-refractivity contribution is 7.92. The van der Waals surface area contributed by atoms with Crippen molar-refractivity contribution < 1.29 is 32.3 Å². The second-order valence-corrected chi connectivity index (χ2v) is 6.75. The Labute approximate surface area is 120 Å². The number of methoxy groups -OCH3 is 1. The van der Waals surface area contributed by atoms with E-state index in [1.54, 1.807) is 0 Å². The SMILES string of the molecule is COC(=O)C1=C(COC(C)=O)CS(=O)(=O)[C@@H]2[C@H](N)C(=O)N12. The molecule has 2 aliphatic rings. The van der Waals surface area contributed by atoms with Gasteiger partial charge in [0.25, 0.3) is 0 Å². The minimum Gasteiger partial charge on any atom is -0.464 e. The standard InChI is InChI=1S/C11H14N2O7S/c1-5(14)20-3-6-4-21(17,18)10-7(12)9(15)13(10)8(6)11(16)19-2/h7,10H,3-4,12H2,1-2H3/t7-,10-/m1/s1. The van der Waals surface area contributed by atoms with Crippen LogP contribution in [0.3, 0.4) is 0 Å². The molecule has 0 saturated carbocycles. The molecule has 0 spiro atoms. The fourth-order valence-electron chi connectivity index (χ4n) is 2.31. The molecular weight excluding hydrogens is 304 g/mol. The van der Waals surface area contributed by atoms with E-state index in [2.05, 4.69) is 4.74 Å². The first-order valence-corrected chi connectivity index (χ1v) is 7.66. The molecule has 10 heteroatoms. The smallest absolute Gasteiger partial charge is 0.354 e. The number of nitrogens with two attached hydrogens (primary N) is 1. The second kappa shape index (κ2) is 5.11. The fourth-order valence-corrected chi connectivity index (χ4v) is 4.28. The molecule has 9 nitrogen and oxygen atoms in total. The molecule has 1 fully saturated rings. The zero-order valence-electron chi connectivity index (χ0n) is 11.4. The Morgan fingerprint density at radius 2 is 2.05 bits per heavy atom. The molecule has 2 heterocycles. The average molecular weight is 318 g/mol. The van der Waals surface area contributed by atoms with E-state index in [0.717, 1.165) is 18.9 Å². The highest BCUT2D eigenvalue weighted by atomic mass is 32.2. The number of carbonyl (C=O) groups excluding carboxylic acids is 3. The number of β-lactam (4-membered cyclic amide) rings is 1. The first kappa shape index (κ1) is 15.4. The summed E-state index contributed by atoms with van der Waals surface area (Å²) in [6.07, 6.45) is 0. The van der Waals surface area contributed by atoms with Gasteiger partial charge in [0.15, 0.2) is 15.2 Å². The van der Waals surface area contributed by atoms with E-state index in [0.29, 0.717) is 0 Å². The number of sulfone groups is 1. The van der Waals surface area contributed by atoms with Gasteiger partial charge in [-0.15, -0.1) is 0 Å². The molecule has 1 saturated heterocycles. The van der Waals surface area contributed by atoms with Gasteiger partial charge in [-0.1, -0.05) is 0 Å². The molecule has 0 aliphatic carbocycles. The maximum Gasteiger partial charge on any atom is 0.354 e. The van der Waals surface area contributed by atoms with Crippen molar-refractivity contribution in [1.29, 1.82) is 0 Å². The third-order valence-corrected chi connectivity index (χ3v) is 5.22. The van der Waals surface area contributed by atoms with E-state index < -0.39 is 51.5 Å². The Kier molecular flexibility index (Phi) is 3.76. The van der Waals surface area contributed by atoms with Gasteiger partial charge < -0.3 is 15.2 Å². The molecule has 0 aromatic rings. The molecule has 2 aliphatic heterocycles. The molecular formula is C11H14N2O7S. The third kappa shape index (κ3) is 2.40. The number of ether oxygens (including phenoxy) is 2. The number of rotatable bonds is 3. The summed E-state index contributed by atoms with van der Waals surface area (Å²) < 4.78 is 33.5. The zero-order chi connectivity index (χ0) is 15.9. The molecule has 2 rings (SSSR count). The van der Waals surface area contributed by atoms with Gasteiger partial charge in [-0.2, -0.15) is 0 Å². The van der Waals surface area contributed by atoms with Crippen molar-refractivity contribution in [2.75, 3.05) is 19.5 Å². The van der Waals surface area contributed by atoms with E-state index in [1.165, 1.54) is 0 Å². The van der Waals surface area contributed by atoms with Crippen LogP contribution >= 0.6 is 0 Å². The lowest BCUT2D eigenvalue weighted by molar-refractivity contribution is -0.150. The summed E-state index contributed by atoms with van der Waals surface area (Å²) >= 11 is 0. The Morgan fingerprint density at radius 3 is 2.57 bits per heavy atom. The number of hydrogen-bond donors (Lipinski definition) is 1. The number of esters is 2. The van der Waals surface area contributed by atoms with Crippen LogP contribution in [0.2, 0.25) is 0 Å². The fraction of sp³-hybridized carbons (Fsp3) is 0.545. The topological polar surface area (TPSA) is 133 Å². The average Bonchev–Trinajstić information content (AvgIpc) is 2.41. The van der Waals surface area contributed by atoms with Crippen LogP contribution in [0, 0.1) is 0 Å². The summed E-state index contributed by atoms with van der Waals surface area (Å²) in [7, 11) is -2.66. The van der Waals surface area contributed by atoms with E-state index in [9.17, 15) is 22.8 Å². The van der Waals surface area contributed by atoms with Crippen molar-refractivity contribution >= 4 is 27.7 Å². The van der Waals surface area contributed by atoms with E-state index in [1.807, 2.05) is 0 Å². The van der Waals surface area contributed by atoms with Crippen molar-refractivity contribution in [1.82, 2.24) is 4.90 Å². The summed E-state index contributed by atoms with van der Waals surface area (Å²) in [5.41, 5.74) is 5.27. The van der Waals surface area contributed by atoms with Gasteiger partial charge >= 0.3 is 11.9 Å². The van der Waals surface area contributed by atoms with Gasteiger partial charge in [0.05, 0.1) is 12.9 Å². The molecule has 0 aromatic carbocycles. The normalized spacial score (nSPS) is 26.8. The highest BCUT2D eigenvalue weighted by Gasteiger charge is 2.58. The predicted molar refractivity (Wildman–Crippen MR) is 68.1 cm³/mol. The van der Waals surface area contributed by atoms with Gasteiger partial charge in [0.1, 0.15) is 18.3 Å². The number of carbonyl (C=O) groups is 3. The summed E-state index contributed by atoms with van der Waals surface area (Å²) in [6.45, 7) is 0.730. The third-order valence-electron chi connectivity index (χ3n) is 3.23. The zero-order valence-corrected chi connectivity index (χ0v) is 12.2. The molecule has 21 heavy (non-hydrogen) atoms. The Bertz CT molecular complexity index is 651. The van der Waals surface area contributed by atoms with E-state index in [4.69, 9.17) is 10.5 Å². The van der Waals surface area contributed by atoms with E-state index in [-0.39, 0.29) is 11.3 Å². The predicted octanol–water partition coefficient (Wildman–Crippen LogP) is -2.10. The molecule has 116 valence electrons. The molecule has 0 aromatic heterocycles. The van der Waals surface area contributed by atoms with Crippen LogP contribution in [0.1, 0.15) is 6.92 Å². The van der Waals surface area contributed by atoms with Crippen LogP contribution in [0.15, 0.2) is 11.3 Å². The summed E-state index contributed by atoms with van der Waals surface area (Å²) in [5.74, 6) is -2.73. The summed E-state index contributed by atoms with van der Waals surface area (Å²) in [4.78, 5) is 35.3. The van der Waals surface area contributed by atoms with Gasteiger partial charge in [0, 0.05) is 12.5 Å². The van der Waals surface area contributed by atoms with Crippen LogP contribution < -0.4 is 5.73 Å². The molecule has 0 unspecified atom stereocenters. The summed E-state index contributed by atoms with van der Waals surface area (Å²) in [5, 5.41) is -1.28. The molecule has 2 N–H and O–H groups in total. The van der Waals surface area contributed by atoms with Crippen LogP contribution in [-0.4, -0.2) is 62.0 Å². The minimum atomic E-state index is -3.75. The van der Waals surface area contributed by atoms with Crippen LogP contribution in [0.5, 0.6) is 0 Å². The highest BCUT2D eigenvalue weighted by Crippen LogP contribution is 2.36. The van der Waals surface area contributed by atoms with E-state index >= 15 is 0 Å². The van der Waals surface area contributed by atoms with Gasteiger partial charge in [0.2, 0.25) is 5.91 Å². The Hall–Kier alpha value is -1.94. The van der Waals surface area contributed by atoms with Crippen molar-refractivity contribution in [2.24, 2.45) is 5.73 Å². The maximum atomic E-state index is 12.1. The van der Waals surface area contributed by atoms with Crippen molar-refractivity contribution in [3.8, 4) is 0 Å². The van der Waals surface area contributed by atoms with Crippen molar-refractivity contribution in [2.45, 2.75) is 18.3 Å². The lowest BCUT2D eigenvalue weighted by Crippen LogP contribution is -2.73. The number of fused-ring (bicyclic) bond motifs is 1. The Morgan fingerprint density at radius 1 is 1.43 bits per heavy atom. The number of nitrogens with zero attached hydrogens (tertiary/aromatic N) is 1. The first-order valence-electron chi connectivity index (χ1n) is 5.94. The van der Waals surface area contributed by atoms with Crippen LogP contribution in [0.25, 0.3) is 0 Å². The monoisotopic (exact) mass is 318 g/mol.